The van der Waals surface area contributed by atoms with Crippen molar-refractivity contribution in [3.63, 3.8) is 0 Å². The molecule has 0 saturated carbocycles. The second kappa shape index (κ2) is 9.41. The summed E-state index contributed by atoms with van der Waals surface area (Å²) in [7, 11) is 0. The molecule has 27 heavy (non-hydrogen) atoms. The Morgan fingerprint density at radius 3 is 2.70 bits per heavy atom. The molecular weight excluding hydrogens is 382 g/mol. The van der Waals surface area contributed by atoms with Crippen LogP contribution >= 0.6 is 23.1 Å². The number of alkyl carbamates (subject to hydrolysis) is 1. The van der Waals surface area contributed by atoms with Gasteiger partial charge < -0.3 is 15.4 Å². The van der Waals surface area contributed by atoms with E-state index in [1.165, 1.54) is 16.9 Å². The molecule has 1 heterocycles. The molecule has 0 spiro atoms. The number of hydrogen-bond acceptors (Lipinski definition) is 6. The number of aryl methyl sites for hydroxylation is 1. The minimum atomic E-state index is -0.675. The lowest BCUT2D eigenvalue weighted by molar-refractivity contribution is -0.118. The second-order valence-electron chi connectivity index (χ2n) is 7.14. The van der Waals surface area contributed by atoms with E-state index in [-0.39, 0.29) is 5.91 Å². The maximum atomic E-state index is 12.7. The number of hydrogen-bond donors (Lipinski definition) is 2. The van der Waals surface area contributed by atoms with Gasteiger partial charge in [0.1, 0.15) is 11.6 Å². The minimum absolute atomic E-state index is 0.287. The van der Waals surface area contributed by atoms with Crippen LogP contribution in [0.3, 0.4) is 0 Å². The smallest absolute Gasteiger partial charge is 0.408 e. The Morgan fingerprint density at radius 2 is 2.07 bits per heavy atom. The first-order chi connectivity index (χ1) is 12.7. The largest absolute Gasteiger partial charge is 0.444 e. The number of nitrogens with zero attached hydrogens (tertiary/aromatic N) is 1. The van der Waals surface area contributed by atoms with Gasteiger partial charge in [-0.05, 0) is 63.3 Å². The molecule has 148 valence electrons. The maximum Gasteiger partial charge on any atom is 0.408 e. The maximum absolute atomic E-state index is 12.7. The standard InChI is InChI=1S/C19H27N3O3S2/c1-6-12-7-8-13-15(11-12)27-17(20-13)22-16(23)14(9-10-26-5)21-18(24)25-19(2,3)4/h7-8,11,14H,6,9-10H2,1-5H3,(H,21,24)(H,20,22,23). The van der Waals surface area contributed by atoms with E-state index in [1.807, 2.05) is 18.4 Å². The summed E-state index contributed by atoms with van der Waals surface area (Å²) in [4.78, 5) is 29.2. The Balaban J connectivity index is 2.09. The molecule has 1 atom stereocenters. The number of amides is 2. The molecule has 2 rings (SSSR count). The molecule has 0 saturated heterocycles. The molecule has 1 unspecified atom stereocenters. The van der Waals surface area contributed by atoms with Crippen LogP contribution in [0.1, 0.15) is 39.7 Å². The van der Waals surface area contributed by atoms with Gasteiger partial charge in [0.25, 0.3) is 0 Å². The lowest BCUT2D eigenvalue weighted by Gasteiger charge is -2.23. The van der Waals surface area contributed by atoms with Crippen LogP contribution in [-0.2, 0) is 16.0 Å². The number of rotatable bonds is 7. The van der Waals surface area contributed by atoms with E-state index in [2.05, 4.69) is 28.6 Å². The summed E-state index contributed by atoms with van der Waals surface area (Å²) in [5.41, 5.74) is 1.47. The molecule has 1 aromatic carbocycles. The predicted molar refractivity (Wildman–Crippen MR) is 114 cm³/mol. The Kier molecular flexibility index (Phi) is 7.49. The second-order valence-corrected chi connectivity index (χ2v) is 9.16. The highest BCUT2D eigenvalue weighted by molar-refractivity contribution is 7.98. The van der Waals surface area contributed by atoms with Crippen LogP contribution in [0.25, 0.3) is 10.2 Å². The molecule has 0 radical (unpaired) electrons. The van der Waals surface area contributed by atoms with Crippen molar-refractivity contribution in [2.75, 3.05) is 17.3 Å². The molecule has 8 heteroatoms. The fourth-order valence-corrected chi connectivity index (χ4v) is 3.79. The van der Waals surface area contributed by atoms with Crippen LogP contribution in [-0.4, -0.2) is 40.6 Å². The van der Waals surface area contributed by atoms with Gasteiger partial charge in [-0.25, -0.2) is 9.78 Å². The van der Waals surface area contributed by atoms with E-state index >= 15 is 0 Å². The zero-order chi connectivity index (χ0) is 20.0. The number of nitrogens with one attached hydrogen (secondary N) is 2. The quantitative estimate of drug-likeness (QED) is 0.706. The summed E-state index contributed by atoms with van der Waals surface area (Å²) in [6, 6.07) is 5.42. The number of fused-ring (bicyclic) bond motifs is 1. The van der Waals surface area contributed by atoms with Crippen LogP contribution in [0, 0.1) is 0 Å². The van der Waals surface area contributed by atoms with Gasteiger partial charge in [0.05, 0.1) is 10.2 Å². The van der Waals surface area contributed by atoms with Crippen LogP contribution < -0.4 is 10.6 Å². The normalized spacial score (nSPS) is 12.6. The molecule has 0 aliphatic carbocycles. The Bertz CT molecular complexity index is 799. The van der Waals surface area contributed by atoms with Gasteiger partial charge in [-0.2, -0.15) is 11.8 Å². The minimum Gasteiger partial charge on any atom is -0.444 e. The van der Waals surface area contributed by atoms with Gasteiger partial charge in [-0.15, -0.1) is 0 Å². The number of ether oxygens (including phenoxy) is 1. The number of anilines is 1. The molecule has 2 amide bonds. The first-order valence-electron chi connectivity index (χ1n) is 8.90. The van der Waals surface area contributed by atoms with Crippen molar-refractivity contribution < 1.29 is 14.3 Å². The third-order valence-corrected chi connectivity index (χ3v) is 5.29. The third-order valence-electron chi connectivity index (χ3n) is 3.71. The number of aromatic nitrogens is 1. The molecule has 6 nitrogen and oxygen atoms in total. The van der Waals surface area contributed by atoms with Crippen molar-refractivity contribution in [1.82, 2.24) is 10.3 Å². The van der Waals surface area contributed by atoms with E-state index in [0.29, 0.717) is 11.6 Å². The van der Waals surface area contributed by atoms with Gasteiger partial charge >= 0.3 is 6.09 Å². The molecule has 0 fully saturated rings. The monoisotopic (exact) mass is 409 g/mol. The zero-order valence-corrected chi connectivity index (χ0v) is 18.1. The number of benzene rings is 1. The van der Waals surface area contributed by atoms with Crippen molar-refractivity contribution in [3.05, 3.63) is 23.8 Å². The van der Waals surface area contributed by atoms with Crippen molar-refractivity contribution in [3.8, 4) is 0 Å². The first-order valence-corrected chi connectivity index (χ1v) is 11.1. The number of carbonyl (C=O) groups excluding carboxylic acids is 2. The number of carbonyl (C=O) groups is 2. The van der Waals surface area contributed by atoms with Gasteiger partial charge in [0.2, 0.25) is 5.91 Å². The Hall–Kier alpha value is -1.80. The highest BCUT2D eigenvalue weighted by Gasteiger charge is 2.24. The van der Waals surface area contributed by atoms with Gasteiger partial charge in [-0.1, -0.05) is 24.3 Å². The highest BCUT2D eigenvalue weighted by Crippen LogP contribution is 2.27. The van der Waals surface area contributed by atoms with Crippen molar-refractivity contribution in [1.29, 1.82) is 0 Å². The van der Waals surface area contributed by atoms with E-state index in [9.17, 15) is 9.59 Å². The highest BCUT2D eigenvalue weighted by atomic mass is 32.2. The Labute approximate surface area is 168 Å². The van der Waals surface area contributed by atoms with Crippen LogP contribution in [0.15, 0.2) is 18.2 Å². The van der Waals surface area contributed by atoms with Crippen molar-refractivity contribution in [2.24, 2.45) is 0 Å². The fourth-order valence-electron chi connectivity index (χ4n) is 2.39. The van der Waals surface area contributed by atoms with E-state index in [4.69, 9.17) is 4.74 Å². The van der Waals surface area contributed by atoms with Crippen LogP contribution in [0.2, 0.25) is 0 Å². The molecular formula is C19H27N3O3S2. The predicted octanol–water partition coefficient (Wildman–Crippen LogP) is 4.44. The Morgan fingerprint density at radius 1 is 1.33 bits per heavy atom. The van der Waals surface area contributed by atoms with Gasteiger partial charge in [0.15, 0.2) is 5.13 Å². The average Bonchev–Trinajstić information content (AvgIpc) is 2.97. The molecule has 0 bridgehead atoms. The average molecular weight is 410 g/mol. The summed E-state index contributed by atoms with van der Waals surface area (Å²) < 4.78 is 6.31. The molecule has 0 aliphatic rings. The number of thioether (sulfide) groups is 1. The van der Waals surface area contributed by atoms with E-state index in [1.54, 1.807) is 32.5 Å². The third kappa shape index (κ3) is 6.70. The lowest BCUT2D eigenvalue weighted by atomic mass is 10.2. The molecule has 1 aromatic heterocycles. The number of thiazole rings is 1. The van der Waals surface area contributed by atoms with E-state index < -0.39 is 17.7 Å². The van der Waals surface area contributed by atoms with Crippen LogP contribution in [0.5, 0.6) is 0 Å². The fraction of sp³-hybridized carbons (Fsp3) is 0.526. The van der Waals surface area contributed by atoms with Crippen molar-refractivity contribution >= 4 is 50.4 Å². The van der Waals surface area contributed by atoms with Gasteiger partial charge in [-0.3, -0.25) is 4.79 Å². The topological polar surface area (TPSA) is 80.3 Å². The molecule has 2 aromatic rings. The SMILES string of the molecule is CCc1ccc2nc(NC(=O)C(CCSC)NC(=O)OC(C)(C)C)sc2c1. The summed E-state index contributed by atoms with van der Waals surface area (Å²) in [5.74, 6) is 0.456. The zero-order valence-electron chi connectivity index (χ0n) is 16.4. The van der Waals surface area contributed by atoms with Crippen molar-refractivity contribution in [2.45, 2.75) is 52.2 Å². The molecule has 2 N–H and O–H groups in total. The summed E-state index contributed by atoms with van der Waals surface area (Å²) in [6.45, 7) is 7.46. The van der Waals surface area contributed by atoms with E-state index in [0.717, 1.165) is 22.4 Å². The van der Waals surface area contributed by atoms with Gasteiger partial charge in [0, 0.05) is 0 Å². The first kappa shape index (κ1) is 21.5. The summed E-state index contributed by atoms with van der Waals surface area (Å²) >= 11 is 3.05. The van der Waals surface area contributed by atoms with Crippen LogP contribution in [0.4, 0.5) is 9.93 Å². The lowest BCUT2D eigenvalue weighted by Crippen LogP contribution is -2.46. The molecule has 0 aliphatic heterocycles. The summed E-state index contributed by atoms with van der Waals surface area (Å²) in [6.07, 6.45) is 2.82. The summed E-state index contributed by atoms with van der Waals surface area (Å²) in [5, 5.41) is 6.04.